The first-order chi connectivity index (χ1) is 14.7. The SMILES string of the molecule is Cc1cn2cc(C3=CCN4C=C(C5CCN(C6CCC6)CC5)N=CC4=N3)ccc2n1. The Balaban J connectivity index is 1.16. The molecule has 0 aromatic carbocycles. The van der Waals surface area contributed by atoms with E-state index in [9.17, 15) is 0 Å². The number of fused-ring (bicyclic) bond motifs is 2. The summed E-state index contributed by atoms with van der Waals surface area (Å²) < 4.78 is 2.07. The molecule has 30 heavy (non-hydrogen) atoms. The van der Waals surface area contributed by atoms with Gasteiger partial charge in [-0.1, -0.05) is 6.42 Å². The van der Waals surface area contributed by atoms with Crippen molar-refractivity contribution in [3.8, 4) is 0 Å². The van der Waals surface area contributed by atoms with Gasteiger partial charge in [0.2, 0.25) is 0 Å². The highest BCUT2D eigenvalue weighted by molar-refractivity contribution is 6.31. The maximum absolute atomic E-state index is 4.89. The highest BCUT2D eigenvalue weighted by atomic mass is 15.2. The summed E-state index contributed by atoms with van der Waals surface area (Å²) in [5.74, 6) is 1.52. The van der Waals surface area contributed by atoms with Crippen LogP contribution in [0.4, 0.5) is 0 Å². The van der Waals surface area contributed by atoms with Gasteiger partial charge in [-0.2, -0.15) is 0 Å². The summed E-state index contributed by atoms with van der Waals surface area (Å²) in [5, 5.41) is 0. The molecule has 0 spiro atoms. The Kier molecular flexibility index (Phi) is 4.34. The van der Waals surface area contributed by atoms with Crippen molar-refractivity contribution >= 4 is 23.4 Å². The van der Waals surface area contributed by atoms with Crippen molar-refractivity contribution in [3.05, 3.63) is 53.8 Å². The number of aromatic nitrogens is 2. The smallest absolute Gasteiger partial charge is 0.152 e. The highest BCUT2D eigenvalue weighted by Crippen LogP contribution is 2.33. The second-order valence-corrected chi connectivity index (χ2v) is 8.98. The van der Waals surface area contributed by atoms with Crippen molar-refractivity contribution in [3.63, 3.8) is 0 Å². The van der Waals surface area contributed by atoms with E-state index in [4.69, 9.17) is 9.98 Å². The van der Waals surface area contributed by atoms with Gasteiger partial charge in [-0.25, -0.2) is 9.98 Å². The molecule has 0 amide bonds. The van der Waals surface area contributed by atoms with Crippen LogP contribution in [-0.2, 0) is 0 Å². The van der Waals surface area contributed by atoms with Crippen molar-refractivity contribution in [1.29, 1.82) is 0 Å². The predicted octanol–water partition coefficient (Wildman–Crippen LogP) is 3.89. The van der Waals surface area contributed by atoms with Crippen LogP contribution in [0, 0.1) is 12.8 Å². The molecule has 0 unspecified atom stereocenters. The first-order valence-electron chi connectivity index (χ1n) is 11.2. The molecule has 0 radical (unpaired) electrons. The molecular weight excluding hydrogens is 372 g/mol. The largest absolute Gasteiger partial charge is 0.326 e. The molecule has 1 aliphatic carbocycles. The molecule has 6 heteroatoms. The summed E-state index contributed by atoms with van der Waals surface area (Å²) in [6.07, 6.45) is 17.2. The lowest BCUT2D eigenvalue weighted by Gasteiger charge is -2.42. The van der Waals surface area contributed by atoms with E-state index in [-0.39, 0.29) is 0 Å². The molecule has 3 aliphatic heterocycles. The van der Waals surface area contributed by atoms with Gasteiger partial charge in [0.25, 0.3) is 0 Å². The summed E-state index contributed by atoms with van der Waals surface area (Å²) >= 11 is 0. The third-order valence-electron chi connectivity index (χ3n) is 7.03. The van der Waals surface area contributed by atoms with E-state index in [0.717, 1.165) is 41.0 Å². The van der Waals surface area contributed by atoms with Crippen molar-refractivity contribution in [2.45, 2.75) is 45.1 Å². The molecule has 0 atom stereocenters. The number of nitrogens with zero attached hydrogens (tertiary/aromatic N) is 6. The minimum Gasteiger partial charge on any atom is -0.326 e. The zero-order valence-electron chi connectivity index (χ0n) is 17.5. The van der Waals surface area contributed by atoms with Gasteiger partial charge in [-0.3, -0.25) is 4.99 Å². The first kappa shape index (κ1) is 18.1. The molecule has 1 saturated carbocycles. The summed E-state index contributed by atoms with van der Waals surface area (Å²) in [6.45, 7) is 5.31. The van der Waals surface area contributed by atoms with Gasteiger partial charge in [-0.15, -0.1) is 0 Å². The van der Waals surface area contributed by atoms with Crippen molar-refractivity contribution < 1.29 is 0 Å². The van der Waals surface area contributed by atoms with Crippen molar-refractivity contribution in [2.24, 2.45) is 15.9 Å². The fraction of sp³-hybridized carbons (Fsp3) is 0.458. The molecular formula is C24H28N6. The molecule has 2 aromatic heterocycles. The van der Waals surface area contributed by atoms with Crippen LogP contribution in [0.5, 0.6) is 0 Å². The van der Waals surface area contributed by atoms with Crippen LogP contribution in [0.3, 0.4) is 0 Å². The molecule has 2 aromatic rings. The maximum Gasteiger partial charge on any atom is 0.152 e. The molecule has 0 N–H and O–H groups in total. The monoisotopic (exact) mass is 400 g/mol. The lowest BCUT2D eigenvalue weighted by Crippen LogP contribution is -2.45. The van der Waals surface area contributed by atoms with E-state index in [1.54, 1.807) is 0 Å². The summed E-state index contributed by atoms with van der Waals surface area (Å²) in [5.41, 5.74) is 5.34. The van der Waals surface area contributed by atoms with Gasteiger partial charge in [0.15, 0.2) is 5.84 Å². The second-order valence-electron chi connectivity index (χ2n) is 8.98. The quantitative estimate of drug-likeness (QED) is 0.785. The van der Waals surface area contributed by atoms with Gasteiger partial charge < -0.3 is 14.2 Å². The van der Waals surface area contributed by atoms with E-state index in [1.807, 2.05) is 13.1 Å². The van der Waals surface area contributed by atoms with Gasteiger partial charge >= 0.3 is 0 Å². The molecule has 6 nitrogen and oxygen atoms in total. The van der Waals surface area contributed by atoms with E-state index in [1.165, 1.54) is 50.9 Å². The Morgan fingerprint density at radius 1 is 1.03 bits per heavy atom. The minimum atomic E-state index is 0.580. The number of rotatable bonds is 3. The normalized spacial score (nSPS) is 23.1. The standard InChI is InChI=1S/C24H28N6/c1-17-14-30-15-19(5-6-23(30)26-17)21-9-12-29-16-22(25-13-24(29)27-21)18-7-10-28(11-8-18)20-3-2-4-20/h5-6,9,13-16,18,20H,2-4,7-8,10-12H2,1H3. The lowest BCUT2D eigenvalue weighted by molar-refractivity contribution is 0.0907. The van der Waals surface area contributed by atoms with E-state index in [0.29, 0.717) is 5.92 Å². The number of aliphatic imine (C=N–C) groups is 2. The Morgan fingerprint density at radius 3 is 2.70 bits per heavy atom. The van der Waals surface area contributed by atoms with Crippen LogP contribution in [-0.4, -0.2) is 56.9 Å². The fourth-order valence-electron chi connectivity index (χ4n) is 5.03. The Labute approximate surface area is 177 Å². The maximum atomic E-state index is 4.89. The van der Waals surface area contributed by atoms with Crippen molar-refractivity contribution in [1.82, 2.24) is 19.2 Å². The molecule has 154 valence electrons. The third-order valence-corrected chi connectivity index (χ3v) is 7.03. The molecule has 2 fully saturated rings. The number of imidazole rings is 1. The Morgan fingerprint density at radius 2 is 1.90 bits per heavy atom. The average molecular weight is 401 g/mol. The minimum absolute atomic E-state index is 0.580. The average Bonchev–Trinajstić information content (AvgIpc) is 3.11. The van der Waals surface area contributed by atoms with Gasteiger partial charge in [0.1, 0.15) is 5.65 Å². The van der Waals surface area contributed by atoms with Gasteiger partial charge in [0, 0.05) is 42.7 Å². The zero-order valence-corrected chi connectivity index (χ0v) is 17.5. The van der Waals surface area contributed by atoms with Gasteiger partial charge in [-0.05, 0) is 63.9 Å². The first-order valence-corrected chi connectivity index (χ1v) is 11.2. The highest BCUT2D eigenvalue weighted by Gasteiger charge is 2.31. The lowest BCUT2D eigenvalue weighted by atomic mass is 9.87. The van der Waals surface area contributed by atoms with E-state index < -0.39 is 0 Å². The van der Waals surface area contributed by atoms with E-state index >= 15 is 0 Å². The fourth-order valence-corrected chi connectivity index (χ4v) is 5.03. The Bertz CT molecular complexity index is 1090. The molecule has 1 saturated heterocycles. The number of amidine groups is 1. The van der Waals surface area contributed by atoms with Crippen LogP contribution >= 0.6 is 0 Å². The van der Waals surface area contributed by atoms with E-state index in [2.05, 4.69) is 56.0 Å². The topological polar surface area (TPSA) is 48.5 Å². The number of piperidine rings is 1. The number of hydrogen-bond donors (Lipinski definition) is 0. The summed E-state index contributed by atoms with van der Waals surface area (Å²) in [6, 6.07) is 5.02. The molecule has 0 bridgehead atoms. The third kappa shape index (κ3) is 3.19. The van der Waals surface area contributed by atoms with Crippen LogP contribution < -0.4 is 0 Å². The van der Waals surface area contributed by atoms with Crippen LogP contribution in [0.15, 0.2) is 52.5 Å². The van der Waals surface area contributed by atoms with Crippen molar-refractivity contribution in [2.75, 3.05) is 19.6 Å². The molecule has 6 rings (SSSR count). The second kappa shape index (κ2) is 7.20. The molecule has 5 heterocycles. The molecule has 4 aliphatic rings. The number of hydrogen-bond acceptors (Lipinski definition) is 5. The summed E-state index contributed by atoms with van der Waals surface area (Å²) in [7, 11) is 0. The Hall–Kier alpha value is -2.73. The number of likely N-dealkylation sites (tertiary alicyclic amines) is 1. The number of allylic oxidation sites excluding steroid dienone is 1. The zero-order chi connectivity index (χ0) is 20.1. The number of pyridine rings is 1. The van der Waals surface area contributed by atoms with Crippen LogP contribution in [0.25, 0.3) is 11.3 Å². The van der Waals surface area contributed by atoms with Gasteiger partial charge in [0.05, 0.1) is 23.3 Å². The summed E-state index contributed by atoms with van der Waals surface area (Å²) in [4.78, 5) is 19.2. The van der Waals surface area contributed by atoms with Crippen LogP contribution in [0.1, 0.15) is 43.4 Å². The number of aryl methyl sites for hydroxylation is 1. The van der Waals surface area contributed by atoms with Crippen LogP contribution in [0.2, 0.25) is 0 Å². The predicted molar refractivity (Wildman–Crippen MR) is 121 cm³/mol.